The van der Waals surface area contributed by atoms with E-state index in [0.717, 1.165) is 19.4 Å². The number of cyclic esters (lactones) is 1. The molecule has 1 N–H and O–H groups in total. The van der Waals surface area contributed by atoms with Crippen LogP contribution in [0.25, 0.3) is 0 Å². The van der Waals surface area contributed by atoms with Gasteiger partial charge in [0.25, 0.3) is 0 Å². The van der Waals surface area contributed by atoms with Crippen LogP contribution in [-0.4, -0.2) is 59.2 Å². The molecule has 6 heterocycles. The van der Waals surface area contributed by atoms with Gasteiger partial charge in [-0.15, -0.1) is 0 Å². The minimum Gasteiger partial charge on any atom is -0.492 e. The molecule has 1 unspecified atom stereocenters. The summed E-state index contributed by atoms with van der Waals surface area (Å²) in [7, 11) is 1.55. The summed E-state index contributed by atoms with van der Waals surface area (Å²) in [6, 6.07) is 0.354. The second-order valence-electron chi connectivity index (χ2n) is 9.31. The molecule has 29 heavy (non-hydrogen) atoms. The summed E-state index contributed by atoms with van der Waals surface area (Å²) in [4.78, 5) is 14.8. The number of methoxy groups -OCH3 is 1. The number of hydrogen-bond donors (Lipinski definition) is 1. The lowest BCUT2D eigenvalue weighted by Crippen LogP contribution is -2.60. The fourth-order valence-electron chi connectivity index (χ4n) is 7.21. The molecule has 156 valence electrons. The molecular formula is C22H27NO6. The second kappa shape index (κ2) is 5.45. The van der Waals surface area contributed by atoms with Gasteiger partial charge in [0.1, 0.15) is 5.76 Å². The van der Waals surface area contributed by atoms with Crippen molar-refractivity contribution in [1.29, 1.82) is 0 Å². The quantitative estimate of drug-likeness (QED) is 0.571. The van der Waals surface area contributed by atoms with Crippen LogP contribution < -0.4 is 0 Å². The summed E-state index contributed by atoms with van der Waals surface area (Å²) in [6.07, 6.45) is 5.59. The maximum atomic E-state index is 12.2. The monoisotopic (exact) mass is 401 g/mol. The highest BCUT2D eigenvalue weighted by atomic mass is 16.7. The van der Waals surface area contributed by atoms with Crippen molar-refractivity contribution in [3.8, 4) is 0 Å². The maximum absolute atomic E-state index is 12.2. The highest BCUT2D eigenvalue weighted by molar-refractivity contribution is 5.93. The van der Waals surface area contributed by atoms with Gasteiger partial charge in [-0.1, -0.05) is 19.1 Å². The number of aliphatic hydroxyl groups excluding tert-OH is 1. The van der Waals surface area contributed by atoms with Crippen LogP contribution in [0.15, 0.2) is 35.0 Å². The van der Waals surface area contributed by atoms with Crippen molar-refractivity contribution in [1.82, 2.24) is 4.90 Å². The fraction of sp³-hybridized carbons (Fsp3) is 0.682. The number of esters is 1. The molecule has 9 atom stereocenters. The van der Waals surface area contributed by atoms with E-state index in [1.807, 2.05) is 6.08 Å². The van der Waals surface area contributed by atoms with E-state index >= 15 is 0 Å². The van der Waals surface area contributed by atoms with Gasteiger partial charge in [0.2, 0.25) is 11.5 Å². The Labute approximate surface area is 169 Å². The van der Waals surface area contributed by atoms with Gasteiger partial charge in [-0.3, -0.25) is 4.90 Å². The van der Waals surface area contributed by atoms with Gasteiger partial charge in [-0.2, -0.15) is 0 Å². The summed E-state index contributed by atoms with van der Waals surface area (Å²) >= 11 is 0. The number of piperidine rings is 1. The third kappa shape index (κ3) is 1.84. The van der Waals surface area contributed by atoms with Crippen LogP contribution in [0.2, 0.25) is 0 Å². The molecule has 0 aromatic rings. The number of nitrogens with zero attached hydrogens (tertiary/aromatic N) is 1. The Bertz CT molecular complexity index is 905. The van der Waals surface area contributed by atoms with Gasteiger partial charge in [0.15, 0.2) is 5.76 Å². The SMILES string of the molecule is COC1=C(C)C(=O)O/C1=C1\O[C@]23O[C@H]4C[C@@H]([C@@H]2[C@@H]1C)N1CC[C@@H]3[C@]41/C=C/[C@@H](C)O. The first-order valence-electron chi connectivity index (χ1n) is 10.6. The Balaban J connectivity index is 1.47. The topological polar surface area (TPSA) is 77.5 Å². The second-order valence-corrected chi connectivity index (χ2v) is 9.31. The van der Waals surface area contributed by atoms with E-state index in [0.29, 0.717) is 28.9 Å². The van der Waals surface area contributed by atoms with E-state index in [1.165, 1.54) is 0 Å². The molecule has 5 bridgehead atoms. The Morgan fingerprint density at radius 1 is 1.41 bits per heavy atom. The number of rotatable bonds is 3. The highest BCUT2D eigenvalue weighted by Gasteiger charge is 2.83. The van der Waals surface area contributed by atoms with Crippen LogP contribution in [0.3, 0.4) is 0 Å². The summed E-state index contributed by atoms with van der Waals surface area (Å²) in [5.41, 5.74) is 0.259. The number of ether oxygens (including phenoxy) is 4. The molecule has 5 saturated heterocycles. The van der Waals surface area contributed by atoms with Crippen molar-refractivity contribution in [2.24, 2.45) is 17.8 Å². The number of allylic oxidation sites excluding steroid dienone is 1. The van der Waals surface area contributed by atoms with E-state index in [4.69, 9.17) is 18.9 Å². The average molecular weight is 401 g/mol. The molecule has 0 aromatic heterocycles. The fourth-order valence-corrected chi connectivity index (χ4v) is 7.21. The first-order valence-corrected chi connectivity index (χ1v) is 10.6. The molecule has 0 aromatic carbocycles. The smallest absolute Gasteiger partial charge is 0.343 e. The zero-order chi connectivity index (χ0) is 20.3. The maximum Gasteiger partial charge on any atom is 0.343 e. The van der Waals surface area contributed by atoms with Crippen LogP contribution in [0, 0.1) is 17.8 Å². The van der Waals surface area contributed by atoms with Crippen LogP contribution in [0.5, 0.6) is 0 Å². The van der Waals surface area contributed by atoms with E-state index in [9.17, 15) is 9.90 Å². The van der Waals surface area contributed by atoms with Gasteiger partial charge >= 0.3 is 5.97 Å². The molecule has 0 amide bonds. The summed E-state index contributed by atoms with van der Waals surface area (Å²) in [6.45, 7) is 6.65. The number of fused-ring (bicyclic) bond motifs is 1. The molecule has 5 fully saturated rings. The van der Waals surface area contributed by atoms with Gasteiger partial charge in [-0.25, -0.2) is 4.79 Å². The van der Waals surface area contributed by atoms with Gasteiger partial charge in [-0.05, 0) is 26.7 Å². The number of aliphatic hydroxyl groups is 1. The van der Waals surface area contributed by atoms with Crippen LogP contribution in [-0.2, 0) is 23.7 Å². The number of carbonyl (C=O) groups excluding carboxylic acids is 1. The third-order valence-corrected chi connectivity index (χ3v) is 8.12. The van der Waals surface area contributed by atoms with E-state index in [-0.39, 0.29) is 35.4 Å². The van der Waals surface area contributed by atoms with Crippen LogP contribution >= 0.6 is 0 Å². The van der Waals surface area contributed by atoms with Gasteiger partial charge in [0.05, 0.1) is 42.3 Å². The molecular weight excluding hydrogens is 374 g/mol. The number of hydrogen-bond acceptors (Lipinski definition) is 7. The van der Waals surface area contributed by atoms with Crippen molar-refractivity contribution in [2.45, 2.75) is 63.2 Å². The standard InChI is InChI=1S/C22H27NO6/c1-10(24)5-7-21-14-6-8-23(21)13-9-15(21)28-22(14)16(13)11(2)18(29-22)19-17(26-4)12(3)20(25)27-19/h5,7,10-11,13-16,24H,6,8-9H2,1-4H3/b7-5+,19-18-/t10-,11+,13+,14-,15+,16+,21-,22+/m1/s1. The molecule has 6 aliphatic rings. The Hall–Kier alpha value is -1.83. The Morgan fingerprint density at radius 2 is 2.21 bits per heavy atom. The lowest BCUT2D eigenvalue weighted by atomic mass is 9.71. The zero-order valence-electron chi connectivity index (χ0n) is 17.2. The number of carbonyl (C=O) groups is 1. The predicted molar refractivity (Wildman–Crippen MR) is 101 cm³/mol. The van der Waals surface area contributed by atoms with Gasteiger partial charge in [0, 0.05) is 18.5 Å². The predicted octanol–water partition coefficient (Wildman–Crippen LogP) is 1.84. The minimum absolute atomic E-state index is 0.0553. The third-order valence-electron chi connectivity index (χ3n) is 8.12. The molecule has 0 saturated carbocycles. The van der Waals surface area contributed by atoms with Crippen molar-refractivity contribution in [3.63, 3.8) is 0 Å². The molecule has 6 aliphatic heterocycles. The Kier molecular flexibility index (Phi) is 3.38. The largest absolute Gasteiger partial charge is 0.492 e. The normalized spacial score (nSPS) is 52.5. The first-order chi connectivity index (χ1) is 13.8. The molecule has 0 aliphatic carbocycles. The molecule has 7 nitrogen and oxygen atoms in total. The molecule has 1 spiro atoms. The minimum atomic E-state index is -0.701. The first kappa shape index (κ1) is 18.0. The van der Waals surface area contributed by atoms with E-state index in [1.54, 1.807) is 21.0 Å². The van der Waals surface area contributed by atoms with Crippen molar-refractivity contribution >= 4 is 5.97 Å². The summed E-state index contributed by atoms with van der Waals surface area (Å²) in [5.74, 6) is 0.884. The summed E-state index contributed by atoms with van der Waals surface area (Å²) in [5, 5.41) is 9.87. The summed E-state index contributed by atoms with van der Waals surface area (Å²) < 4.78 is 24.4. The van der Waals surface area contributed by atoms with Crippen molar-refractivity contribution in [2.75, 3.05) is 13.7 Å². The lowest BCUT2D eigenvalue weighted by Gasteiger charge is -2.47. The van der Waals surface area contributed by atoms with Crippen LogP contribution in [0.1, 0.15) is 33.6 Å². The average Bonchev–Trinajstić information content (AvgIpc) is 3.38. The van der Waals surface area contributed by atoms with E-state index < -0.39 is 11.9 Å². The van der Waals surface area contributed by atoms with Gasteiger partial charge < -0.3 is 24.1 Å². The molecule has 6 rings (SSSR count). The van der Waals surface area contributed by atoms with Crippen LogP contribution in [0.4, 0.5) is 0 Å². The van der Waals surface area contributed by atoms with E-state index in [2.05, 4.69) is 17.9 Å². The molecule has 0 radical (unpaired) electrons. The van der Waals surface area contributed by atoms with Crippen molar-refractivity contribution < 1.29 is 28.8 Å². The molecule has 7 heteroatoms. The highest BCUT2D eigenvalue weighted by Crippen LogP contribution is 2.72. The zero-order valence-corrected chi connectivity index (χ0v) is 17.2. The lowest BCUT2D eigenvalue weighted by molar-refractivity contribution is -0.255. The Morgan fingerprint density at radius 3 is 2.93 bits per heavy atom. The van der Waals surface area contributed by atoms with Crippen molar-refractivity contribution in [3.05, 3.63) is 35.0 Å².